The summed E-state index contributed by atoms with van der Waals surface area (Å²) in [5.74, 6) is -0.300. The minimum absolute atomic E-state index is 0.261. The molecule has 1 amide bonds. The third-order valence-electron chi connectivity index (χ3n) is 2.28. The molecule has 4 nitrogen and oxygen atoms in total. The number of nitrogens with zero attached hydrogens (tertiary/aromatic N) is 2. The van der Waals surface area contributed by atoms with E-state index in [-0.39, 0.29) is 16.9 Å². The molecule has 2 rings (SSSR count). The van der Waals surface area contributed by atoms with Gasteiger partial charge in [-0.05, 0) is 31.5 Å². The number of anilines is 1. The molecule has 100 valence electrons. The van der Waals surface area contributed by atoms with Gasteiger partial charge in [0.25, 0.3) is 0 Å². The van der Waals surface area contributed by atoms with Crippen molar-refractivity contribution in [3.8, 4) is 0 Å². The summed E-state index contributed by atoms with van der Waals surface area (Å²) < 4.78 is 36.2. The Morgan fingerprint density at radius 1 is 1.50 bits per heavy atom. The smallest absolute Gasteiger partial charge is 0.300 e. The van der Waals surface area contributed by atoms with Gasteiger partial charge in [0.1, 0.15) is 5.01 Å². The van der Waals surface area contributed by atoms with E-state index in [0.29, 0.717) is 5.92 Å². The molecular formula is C9H10F3N3OS2. The van der Waals surface area contributed by atoms with Gasteiger partial charge < -0.3 is 0 Å². The van der Waals surface area contributed by atoms with Crippen molar-refractivity contribution in [1.29, 1.82) is 0 Å². The van der Waals surface area contributed by atoms with Crippen molar-refractivity contribution in [2.75, 3.05) is 5.32 Å². The SMILES string of the molecule is C[C@@H](SC(F)(F)F)C(=O)Nc1nnc(C2CC2)s1. The van der Waals surface area contributed by atoms with E-state index in [0.717, 1.165) is 17.8 Å². The summed E-state index contributed by atoms with van der Waals surface area (Å²) in [5, 5.41) is 9.87. The summed E-state index contributed by atoms with van der Waals surface area (Å²) in [6.45, 7) is 1.20. The minimum atomic E-state index is -4.42. The van der Waals surface area contributed by atoms with Crippen molar-refractivity contribution in [1.82, 2.24) is 10.2 Å². The number of amides is 1. The number of hydrogen-bond donors (Lipinski definition) is 1. The van der Waals surface area contributed by atoms with E-state index in [2.05, 4.69) is 15.5 Å². The first-order valence-electron chi connectivity index (χ1n) is 5.24. The van der Waals surface area contributed by atoms with E-state index in [9.17, 15) is 18.0 Å². The van der Waals surface area contributed by atoms with E-state index in [1.165, 1.54) is 18.3 Å². The highest BCUT2D eigenvalue weighted by atomic mass is 32.2. The van der Waals surface area contributed by atoms with Crippen LogP contribution in [0, 0.1) is 0 Å². The molecule has 0 unspecified atom stereocenters. The zero-order valence-electron chi connectivity index (χ0n) is 9.32. The Kier molecular flexibility index (Phi) is 3.81. The van der Waals surface area contributed by atoms with Crippen LogP contribution < -0.4 is 5.32 Å². The molecule has 1 heterocycles. The first kappa shape index (κ1) is 13.6. The molecule has 0 aliphatic heterocycles. The molecule has 1 N–H and O–H groups in total. The highest BCUT2D eigenvalue weighted by molar-refractivity contribution is 8.01. The molecule has 1 aliphatic rings. The average molecular weight is 297 g/mol. The van der Waals surface area contributed by atoms with Gasteiger partial charge in [0.05, 0.1) is 5.25 Å². The van der Waals surface area contributed by atoms with E-state index in [1.54, 1.807) is 0 Å². The molecule has 1 fully saturated rings. The minimum Gasteiger partial charge on any atom is -0.300 e. The summed E-state index contributed by atoms with van der Waals surface area (Å²) in [4.78, 5) is 11.5. The van der Waals surface area contributed by atoms with Crippen LogP contribution >= 0.6 is 23.1 Å². The largest absolute Gasteiger partial charge is 0.442 e. The third-order valence-corrected chi connectivity index (χ3v) is 4.11. The van der Waals surface area contributed by atoms with E-state index in [1.807, 2.05) is 0 Å². The van der Waals surface area contributed by atoms with Gasteiger partial charge in [-0.2, -0.15) is 13.2 Å². The van der Waals surface area contributed by atoms with Crippen molar-refractivity contribution < 1.29 is 18.0 Å². The fraction of sp³-hybridized carbons (Fsp3) is 0.667. The Hall–Kier alpha value is -0.830. The van der Waals surface area contributed by atoms with Gasteiger partial charge in [0.2, 0.25) is 11.0 Å². The molecule has 1 aromatic heterocycles. The molecule has 1 atom stereocenters. The first-order valence-corrected chi connectivity index (χ1v) is 6.93. The molecule has 1 aromatic rings. The molecule has 18 heavy (non-hydrogen) atoms. The number of rotatable bonds is 4. The van der Waals surface area contributed by atoms with Crippen molar-refractivity contribution in [2.24, 2.45) is 0 Å². The highest BCUT2D eigenvalue weighted by Gasteiger charge is 2.34. The number of halogens is 3. The number of alkyl halides is 3. The Morgan fingerprint density at radius 3 is 2.72 bits per heavy atom. The lowest BCUT2D eigenvalue weighted by Gasteiger charge is -2.11. The summed E-state index contributed by atoms with van der Waals surface area (Å²) in [5.41, 5.74) is -4.42. The Balaban J connectivity index is 1.89. The Bertz CT molecular complexity index is 445. The molecule has 0 saturated heterocycles. The number of nitrogens with one attached hydrogen (secondary N) is 1. The number of aromatic nitrogens is 2. The summed E-state index contributed by atoms with van der Waals surface area (Å²) in [7, 11) is 0. The summed E-state index contributed by atoms with van der Waals surface area (Å²) >= 11 is 0.876. The van der Waals surface area contributed by atoms with Crippen LogP contribution in [0.5, 0.6) is 0 Å². The Morgan fingerprint density at radius 2 is 2.17 bits per heavy atom. The molecule has 9 heteroatoms. The quantitative estimate of drug-likeness (QED) is 0.928. The van der Waals surface area contributed by atoms with Crippen molar-refractivity contribution in [3.63, 3.8) is 0 Å². The van der Waals surface area contributed by atoms with Crippen LogP contribution in [0.4, 0.5) is 18.3 Å². The lowest BCUT2D eigenvalue weighted by molar-refractivity contribution is -0.115. The number of thioether (sulfide) groups is 1. The maximum atomic E-state index is 12.1. The molecule has 1 saturated carbocycles. The van der Waals surface area contributed by atoms with Crippen LogP contribution in [0.2, 0.25) is 0 Å². The zero-order chi connectivity index (χ0) is 13.3. The van der Waals surface area contributed by atoms with Gasteiger partial charge in [-0.1, -0.05) is 11.3 Å². The number of carbonyl (C=O) groups excluding carboxylic acids is 1. The second-order valence-electron chi connectivity index (χ2n) is 3.91. The van der Waals surface area contributed by atoms with Gasteiger partial charge in [-0.15, -0.1) is 10.2 Å². The predicted octanol–water partition coefficient (Wildman–Crippen LogP) is 3.00. The molecular weight excluding hydrogens is 287 g/mol. The van der Waals surface area contributed by atoms with E-state index >= 15 is 0 Å². The predicted molar refractivity (Wildman–Crippen MR) is 63.6 cm³/mol. The molecule has 0 aromatic carbocycles. The van der Waals surface area contributed by atoms with Gasteiger partial charge in [-0.25, -0.2) is 0 Å². The highest BCUT2D eigenvalue weighted by Crippen LogP contribution is 2.42. The van der Waals surface area contributed by atoms with Gasteiger partial charge in [-0.3, -0.25) is 10.1 Å². The normalized spacial score (nSPS) is 17.6. The molecule has 1 aliphatic carbocycles. The maximum Gasteiger partial charge on any atom is 0.442 e. The first-order chi connectivity index (χ1) is 8.35. The molecule has 0 radical (unpaired) electrons. The monoisotopic (exact) mass is 297 g/mol. The standard InChI is InChI=1S/C9H10F3N3OS2/c1-4(18-9(10,11)12)6(16)13-8-15-14-7(17-8)5-2-3-5/h4-5H,2-3H2,1H3,(H,13,15,16)/t4-/m1/s1. The van der Waals surface area contributed by atoms with E-state index < -0.39 is 16.7 Å². The van der Waals surface area contributed by atoms with Gasteiger partial charge in [0, 0.05) is 5.92 Å². The van der Waals surface area contributed by atoms with Crippen LogP contribution in [-0.4, -0.2) is 26.9 Å². The topological polar surface area (TPSA) is 54.9 Å². The van der Waals surface area contributed by atoms with E-state index in [4.69, 9.17) is 0 Å². The zero-order valence-corrected chi connectivity index (χ0v) is 11.0. The molecule has 0 bridgehead atoms. The summed E-state index contributed by atoms with van der Waals surface area (Å²) in [6.07, 6.45) is 2.12. The second-order valence-corrected chi connectivity index (χ2v) is 6.33. The van der Waals surface area contributed by atoms with Crippen LogP contribution in [0.25, 0.3) is 0 Å². The lowest BCUT2D eigenvalue weighted by atomic mass is 10.4. The van der Waals surface area contributed by atoms with Crippen LogP contribution in [0.15, 0.2) is 0 Å². The fourth-order valence-electron chi connectivity index (χ4n) is 1.24. The van der Waals surface area contributed by atoms with Crippen LogP contribution in [-0.2, 0) is 4.79 Å². The Labute approximate surface area is 109 Å². The average Bonchev–Trinajstić information content (AvgIpc) is 2.98. The maximum absolute atomic E-state index is 12.1. The van der Waals surface area contributed by atoms with Crippen molar-refractivity contribution in [2.45, 2.75) is 36.4 Å². The number of hydrogen-bond acceptors (Lipinski definition) is 5. The second kappa shape index (κ2) is 5.04. The molecule has 0 spiro atoms. The van der Waals surface area contributed by atoms with Crippen molar-refractivity contribution in [3.05, 3.63) is 5.01 Å². The fourth-order valence-corrected chi connectivity index (χ4v) is 2.72. The third kappa shape index (κ3) is 3.84. The van der Waals surface area contributed by atoms with Crippen LogP contribution in [0.3, 0.4) is 0 Å². The van der Waals surface area contributed by atoms with Gasteiger partial charge >= 0.3 is 5.51 Å². The number of carbonyl (C=O) groups is 1. The lowest BCUT2D eigenvalue weighted by Crippen LogP contribution is -2.25. The van der Waals surface area contributed by atoms with Crippen molar-refractivity contribution >= 4 is 34.1 Å². The van der Waals surface area contributed by atoms with Gasteiger partial charge in [0.15, 0.2) is 0 Å². The van der Waals surface area contributed by atoms with Crippen LogP contribution in [0.1, 0.15) is 30.7 Å². The summed E-state index contributed by atoms with van der Waals surface area (Å²) in [6, 6.07) is 0.